The van der Waals surface area contributed by atoms with Crippen molar-refractivity contribution >= 4 is 5.82 Å². The van der Waals surface area contributed by atoms with Crippen molar-refractivity contribution in [2.45, 2.75) is 31.4 Å². The first-order valence-electron chi connectivity index (χ1n) is 6.76. The van der Waals surface area contributed by atoms with Crippen LogP contribution in [0.3, 0.4) is 0 Å². The fourth-order valence-electron chi connectivity index (χ4n) is 2.54. The quantitative estimate of drug-likeness (QED) is 0.910. The Morgan fingerprint density at radius 1 is 1.10 bits per heavy atom. The summed E-state index contributed by atoms with van der Waals surface area (Å²) in [6.07, 6.45) is -1.33. The maximum Gasteiger partial charge on any atom is 0.451 e. The van der Waals surface area contributed by atoms with Crippen molar-refractivity contribution in [3.8, 4) is 11.3 Å². The van der Waals surface area contributed by atoms with Crippen LogP contribution < -0.4 is 5.73 Å². The Balaban J connectivity index is 2.10. The lowest BCUT2D eigenvalue weighted by Crippen LogP contribution is -2.14. The summed E-state index contributed by atoms with van der Waals surface area (Å²) >= 11 is 0. The van der Waals surface area contributed by atoms with E-state index in [9.17, 15) is 13.2 Å². The summed E-state index contributed by atoms with van der Waals surface area (Å²) in [6, 6.07) is 8.82. The van der Waals surface area contributed by atoms with Gasteiger partial charge in [-0.3, -0.25) is 0 Å². The van der Waals surface area contributed by atoms with Crippen molar-refractivity contribution in [1.82, 2.24) is 9.97 Å². The lowest BCUT2D eigenvalue weighted by atomic mass is 9.78. The van der Waals surface area contributed by atoms with Gasteiger partial charge in [0.25, 0.3) is 0 Å². The molecule has 2 N–H and O–H groups in total. The van der Waals surface area contributed by atoms with Gasteiger partial charge in [0.1, 0.15) is 5.82 Å². The lowest BCUT2D eigenvalue weighted by molar-refractivity contribution is -0.144. The van der Waals surface area contributed by atoms with Gasteiger partial charge in [0.15, 0.2) is 0 Å². The minimum Gasteiger partial charge on any atom is -0.384 e. The van der Waals surface area contributed by atoms with Crippen molar-refractivity contribution in [3.05, 3.63) is 41.7 Å². The van der Waals surface area contributed by atoms with Crippen LogP contribution in [-0.4, -0.2) is 9.97 Å². The summed E-state index contributed by atoms with van der Waals surface area (Å²) in [6.45, 7) is 0. The van der Waals surface area contributed by atoms with Gasteiger partial charge in [-0.25, -0.2) is 9.97 Å². The number of alkyl halides is 3. The average Bonchev–Trinajstić information content (AvgIpc) is 2.35. The molecule has 1 aromatic carbocycles. The minimum absolute atomic E-state index is 0.171. The Hall–Kier alpha value is -2.11. The molecular formula is C15H14F3N3. The largest absolute Gasteiger partial charge is 0.451 e. The molecule has 6 heteroatoms. The van der Waals surface area contributed by atoms with E-state index < -0.39 is 12.0 Å². The number of nitrogens with two attached hydrogens (primary N) is 1. The zero-order valence-corrected chi connectivity index (χ0v) is 11.2. The van der Waals surface area contributed by atoms with Gasteiger partial charge in [0.2, 0.25) is 5.82 Å². The summed E-state index contributed by atoms with van der Waals surface area (Å²) in [4.78, 5) is 6.94. The van der Waals surface area contributed by atoms with Crippen LogP contribution in [0.15, 0.2) is 30.3 Å². The molecule has 1 heterocycles. The van der Waals surface area contributed by atoms with E-state index in [0.29, 0.717) is 11.5 Å². The third-order valence-corrected chi connectivity index (χ3v) is 3.78. The number of nitrogen functional groups attached to an aromatic ring is 1. The standard InChI is InChI=1S/C15H14F3N3/c16-15(17,18)14-20-12(8-13(19)21-14)11-7-2-1-6-10(11)9-4-3-5-9/h1-2,6-9H,3-5H2,(H2,19,20,21). The summed E-state index contributed by atoms with van der Waals surface area (Å²) < 4.78 is 38.5. The van der Waals surface area contributed by atoms with Crippen molar-refractivity contribution in [2.24, 2.45) is 0 Å². The monoisotopic (exact) mass is 293 g/mol. The van der Waals surface area contributed by atoms with E-state index in [2.05, 4.69) is 9.97 Å². The van der Waals surface area contributed by atoms with Crippen molar-refractivity contribution < 1.29 is 13.2 Å². The fourth-order valence-corrected chi connectivity index (χ4v) is 2.54. The minimum atomic E-state index is -4.60. The third kappa shape index (κ3) is 2.70. The molecule has 1 aliphatic carbocycles. The Kier molecular flexibility index (Phi) is 3.31. The number of hydrogen-bond acceptors (Lipinski definition) is 3. The zero-order chi connectivity index (χ0) is 15.0. The van der Waals surface area contributed by atoms with E-state index in [0.717, 1.165) is 24.8 Å². The van der Waals surface area contributed by atoms with E-state index in [-0.39, 0.29) is 11.5 Å². The van der Waals surface area contributed by atoms with Crippen LogP contribution in [-0.2, 0) is 6.18 Å². The highest BCUT2D eigenvalue weighted by atomic mass is 19.4. The van der Waals surface area contributed by atoms with Gasteiger partial charge in [0.05, 0.1) is 5.69 Å². The summed E-state index contributed by atoms with van der Waals surface area (Å²) in [5.41, 5.74) is 7.50. The highest BCUT2D eigenvalue weighted by Gasteiger charge is 2.35. The first kappa shape index (κ1) is 13.9. The van der Waals surface area contributed by atoms with E-state index >= 15 is 0 Å². The summed E-state index contributed by atoms with van der Waals surface area (Å²) in [5, 5.41) is 0. The Morgan fingerprint density at radius 3 is 2.43 bits per heavy atom. The van der Waals surface area contributed by atoms with Gasteiger partial charge in [-0.05, 0) is 24.3 Å². The molecule has 21 heavy (non-hydrogen) atoms. The van der Waals surface area contributed by atoms with Crippen molar-refractivity contribution in [2.75, 3.05) is 5.73 Å². The van der Waals surface area contributed by atoms with E-state index in [4.69, 9.17) is 5.73 Å². The molecule has 1 fully saturated rings. The van der Waals surface area contributed by atoms with Crippen molar-refractivity contribution in [1.29, 1.82) is 0 Å². The molecule has 1 aromatic heterocycles. The van der Waals surface area contributed by atoms with Gasteiger partial charge in [0, 0.05) is 11.6 Å². The number of aromatic nitrogens is 2. The molecule has 1 aliphatic rings. The van der Waals surface area contributed by atoms with Crippen LogP contribution in [0, 0.1) is 0 Å². The number of hydrogen-bond donors (Lipinski definition) is 1. The maximum atomic E-state index is 12.8. The highest BCUT2D eigenvalue weighted by molar-refractivity contribution is 5.66. The second-order valence-corrected chi connectivity index (χ2v) is 5.21. The molecule has 0 amide bonds. The molecule has 0 atom stereocenters. The highest BCUT2D eigenvalue weighted by Crippen LogP contribution is 2.41. The van der Waals surface area contributed by atoms with Crippen LogP contribution >= 0.6 is 0 Å². The zero-order valence-electron chi connectivity index (χ0n) is 11.2. The smallest absolute Gasteiger partial charge is 0.384 e. The van der Waals surface area contributed by atoms with Gasteiger partial charge in [-0.15, -0.1) is 0 Å². The maximum absolute atomic E-state index is 12.8. The first-order valence-corrected chi connectivity index (χ1v) is 6.76. The molecular weight excluding hydrogens is 279 g/mol. The molecule has 1 saturated carbocycles. The number of benzene rings is 1. The molecule has 0 spiro atoms. The van der Waals surface area contributed by atoms with E-state index in [1.807, 2.05) is 12.1 Å². The molecule has 0 radical (unpaired) electrons. The lowest BCUT2D eigenvalue weighted by Gasteiger charge is -2.27. The molecule has 0 unspecified atom stereocenters. The molecule has 0 aliphatic heterocycles. The van der Waals surface area contributed by atoms with Crippen molar-refractivity contribution in [3.63, 3.8) is 0 Å². The topological polar surface area (TPSA) is 51.8 Å². The molecule has 3 rings (SSSR count). The SMILES string of the molecule is Nc1cc(-c2ccccc2C2CCC2)nc(C(F)(F)F)n1. The number of nitrogens with zero attached hydrogens (tertiary/aromatic N) is 2. The Morgan fingerprint density at radius 2 is 1.81 bits per heavy atom. The molecule has 0 saturated heterocycles. The number of halogens is 3. The summed E-state index contributed by atoms with van der Waals surface area (Å²) in [5.74, 6) is -0.969. The normalized spacial score (nSPS) is 15.8. The van der Waals surface area contributed by atoms with Gasteiger partial charge in [-0.2, -0.15) is 13.2 Å². The molecule has 2 aromatic rings. The molecule has 3 nitrogen and oxygen atoms in total. The predicted octanol–water partition coefficient (Wildman–Crippen LogP) is 4.01. The third-order valence-electron chi connectivity index (χ3n) is 3.78. The first-order chi connectivity index (χ1) is 9.95. The van der Waals surface area contributed by atoms with E-state index in [1.54, 1.807) is 12.1 Å². The second-order valence-electron chi connectivity index (χ2n) is 5.21. The molecule has 110 valence electrons. The Bertz CT molecular complexity index is 663. The van der Waals surface area contributed by atoms with E-state index in [1.165, 1.54) is 6.07 Å². The van der Waals surface area contributed by atoms with Crippen LogP contribution in [0.2, 0.25) is 0 Å². The number of anilines is 1. The van der Waals surface area contributed by atoms with Gasteiger partial charge >= 0.3 is 6.18 Å². The van der Waals surface area contributed by atoms with Crippen LogP contribution in [0.25, 0.3) is 11.3 Å². The average molecular weight is 293 g/mol. The van der Waals surface area contributed by atoms with Gasteiger partial charge in [-0.1, -0.05) is 30.7 Å². The van der Waals surface area contributed by atoms with Crippen LogP contribution in [0.1, 0.15) is 36.6 Å². The Labute approximate surface area is 120 Å². The fraction of sp³-hybridized carbons (Fsp3) is 0.333. The van der Waals surface area contributed by atoms with Crippen LogP contribution in [0.4, 0.5) is 19.0 Å². The number of rotatable bonds is 2. The molecule has 0 bridgehead atoms. The predicted molar refractivity (Wildman–Crippen MR) is 73.5 cm³/mol. The van der Waals surface area contributed by atoms with Gasteiger partial charge < -0.3 is 5.73 Å². The second kappa shape index (κ2) is 5.02. The van der Waals surface area contributed by atoms with Crippen LogP contribution in [0.5, 0.6) is 0 Å². The summed E-state index contributed by atoms with van der Waals surface area (Å²) in [7, 11) is 0.